The highest BCUT2D eigenvalue weighted by atomic mass is 16.5. The van der Waals surface area contributed by atoms with E-state index in [1.165, 1.54) is 4.90 Å². The van der Waals surface area contributed by atoms with E-state index >= 15 is 0 Å². The second-order valence-electron chi connectivity index (χ2n) is 4.85. The average molecular weight is 301 g/mol. The van der Waals surface area contributed by atoms with Crippen LogP contribution >= 0.6 is 0 Å². The van der Waals surface area contributed by atoms with Crippen molar-refractivity contribution in [1.29, 1.82) is 0 Å². The molecule has 8 heteroatoms. The van der Waals surface area contributed by atoms with E-state index in [9.17, 15) is 9.59 Å². The van der Waals surface area contributed by atoms with Crippen molar-refractivity contribution in [3.8, 4) is 5.75 Å². The molecule has 0 bridgehead atoms. The number of carbonyl (C=O) groups is 2. The van der Waals surface area contributed by atoms with Gasteiger partial charge in [0.25, 0.3) is 11.8 Å². The Bertz CT molecular complexity index is 699. The molecule has 22 heavy (non-hydrogen) atoms. The van der Waals surface area contributed by atoms with Gasteiger partial charge in [-0.1, -0.05) is 5.21 Å². The number of benzene rings is 1. The van der Waals surface area contributed by atoms with Crippen LogP contribution < -0.4 is 15.0 Å². The zero-order valence-electron chi connectivity index (χ0n) is 12.0. The molecule has 0 saturated carbocycles. The molecule has 8 nitrogen and oxygen atoms in total. The van der Waals surface area contributed by atoms with Crippen LogP contribution in [0.2, 0.25) is 0 Å². The fraction of sp³-hybridized carbons (Fsp3) is 0.286. The molecule has 1 aromatic heterocycles. The number of nitrogens with one attached hydrogen (secondary N) is 1. The Labute approximate surface area is 126 Å². The zero-order chi connectivity index (χ0) is 15.5. The summed E-state index contributed by atoms with van der Waals surface area (Å²) < 4.78 is 6.96. The summed E-state index contributed by atoms with van der Waals surface area (Å²) in [5.74, 6) is 0.242. The largest absolute Gasteiger partial charge is 0.482 e. The van der Waals surface area contributed by atoms with E-state index in [1.54, 1.807) is 42.3 Å². The lowest BCUT2D eigenvalue weighted by Gasteiger charge is -2.26. The summed E-state index contributed by atoms with van der Waals surface area (Å²) in [5.41, 5.74) is 1.07. The van der Waals surface area contributed by atoms with E-state index in [0.29, 0.717) is 30.1 Å². The number of carbonyl (C=O) groups excluding carboxylic acids is 2. The Morgan fingerprint density at radius 2 is 2.32 bits per heavy atom. The molecule has 0 radical (unpaired) electrons. The van der Waals surface area contributed by atoms with Gasteiger partial charge in [0.15, 0.2) is 6.61 Å². The molecule has 114 valence electrons. The third kappa shape index (κ3) is 2.76. The Morgan fingerprint density at radius 1 is 1.45 bits per heavy atom. The van der Waals surface area contributed by atoms with Crippen LogP contribution in [0.25, 0.3) is 0 Å². The first-order valence-electron chi connectivity index (χ1n) is 6.81. The minimum atomic E-state index is -0.214. The number of fused-ring (bicyclic) bond motifs is 1. The number of ether oxygens (including phenoxy) is 1. The normalized spacial score (nSPS) is 13.5. The van der Waals surface area contributed by atoms with Crippen LogP contribution in [-0.4, -0.2) is 47.0 Å². The van der Waals surface area contributed by atoms with Crippen molar-refractivity contribution in [2.45, 2.75) is 6.54 Å². The first-order chi connectivity index (χ1) is 10.6. The van der Waals surface area contributed by atoms with E-state index in [1.807, 2.05) is 0 Å². The molecule has 0 spiro atoms. The summed E-state index contributed by atoms with van der Waals surface area (Å²) in [6.07, 6.45) is 3.31. The number of likely N-dealkylation sites (N-methyl/N-ethyl adjacent to an activating group) is 1. The molecule has 2 amide bonds. The summed E-state index contributed by atoms with van der Waals surface area (Å²) in [5, 5.41) is 10.3. The van der Waals surface area contributed by atoms with Gasteiger partial charge < -0.3 is 15.0 Å². The second kappa shape index (κ2) is 5.84. The number of amides is 2. The third-order valence-corrected chi connectivity index (χ3v) is 3.41. The van der Waals surface area contributed by atoms with E-state index < -0.39 is 0 Å². The predicted molar refractivity (Wildman–Crippen MR) is 77.7 cm³/mol. The van der Waals surface area contributed by atoms with Crippen LogP contribution in [0.15, 0.2) is 30.6 Å². The molecule has 0 saturated heterocycles. The van der Waals surface area contributed by atoms with Crippen LogP contribution in [0.3, 0.4) is 0 Å². The molecule has 1 aromatic carbocycles. The molecular weight excluding hydrogens is 286 g/mol. The molecule has 3 rings (SSSR count). The van der Waals surface area contributed by atoms with Crippen LogP contribution in [0.4, 0.5) is 5.69 Å². The van der Waals surface area contributed by atoms with Crippen molar-refractivity contribution in [3.05, 3.63) is 36.2 Å². The molecule has 1 aliphatic heterocycles. The minimum absolute atomic E-state index is 0.0208. The van der Waals surface area contributed by atoms with Gasteiger partial charge >= 0.3 is 0 Å². The Balaban J connectivity index is 1.67. The molecule has 0 fully saturated rings. The molecule has 0 atom stereocenters. The van der Waals surface area contributed by atoms with Crippen LogP contribution in [0.5, 0.6) is 5.75 Å². The Hall–Kier alpha value is -2.90. The van der Waals surface area contributed by atoms with Gasteiger partial charge in [0.05, 0.1) is 18.4 Å². The summed E-state index contributed by atoms with van der Waals surface area (Å²) in [6, 6.07) is 5.02. The van der Waals surface area contributed by atoms with Crippen molar-refractivity contribution in [2.75, 3.05) is 25.1 Å². The van der Waals surface area contributed by atoms with Gasteiger partial charge in [0.2, 0.25) is 0 Å². The first-order valence-corrected chi connectivity index (χ1v) is 6.81. The van der Waals surface area contributed by atoms with Crippen LogP contribution in [0, 0.1) is 0 Å². The van der Waals surface area contributed by atoms with Gasteiger partial charge in [-0.05, 0) is 18.2 Å². The fourth-order valence-corrected chi connectivity index (χ4v) is 2.15. The Kier molecular flexibility index (Phi) is 3.73. The van der Waals surface area contributed by atoms with Crippen LogP contribution in [0.1, 0.15) is 10.4 Å². The van der Waals surface area contributed by atoms with E-state index in [0.717, 1.165) is 0 Å². The fourth-order valence-electron chi connectivity index (χ4n) is 2.15. The number of rotatable bonds is 4. The molecule has 1 N–H and O–H groups in total. The molecule has 1 aliphatic rings. The van der Waals surface area contributed by atoms with E-state index in [-0.39, 0.29) is 18.4 Å². The predicted octanol–water partition coefficient (Wildman–Crippen LogP) is 0.0633. The summed E-state index contributed by atoms with van der Waals surface area (Å²) in [6.45, 7) is 0.996. The van der Waals surface area contributed by atoms with Gasteiger partial charge in [0, 0.05) is 25.4 Å². The van der Waals surface area contributed by atoms with Crippen molar-refractivity contribution in [2.24, 2.45) is 0 Å². The molecule has 0 aliphatic carbocycles. The molecular formula is C14H15N5O3. The second-order valence-corrected chi connectivity index (χ2v) is 4.85. The molecule has 0 unspecified atom stereocenters. The smallest absolute Gasteiger partial charge is 0.264 e. The van der Waals surface area contributed by atoms with Crippen molar-refractivity contribution < 1.29 is 14.3 Å². The maximum Gasteiger partial charge on any atom is 0.264 e. The highest BCUT2D eigenvalue weighted by molar-refractivity contribution is 6.00. The summed E-state index contributed by atoms with van der Waals surface area (Å²) >= 11 is 0. The number of anilines is 1. The van der Waals surface area contributed by atoms with Gasteiger partial charge in [0.1, 0.15) is 5.75 Å². The number of nitrogens with zero attached hydrogens (tertiary/aromatic N) is 4. The topological polar surface area (TPSA) is 89.4 Å². The number of hydrogen-bond acceptors (Lipinski definition) is 5. The van der Waals surface area contributed by atoms with Gasteiger partial charge in [-0.25, -0.2) is 0 Å². The third-order valence-electron chi connectivity index (χ3n) is 3.41. The maximum atomic E-state index is 12.1. The van der Waals surface area contributed by atoms with Crippen LogP contribution in [-0.2, 0) is 11.3 Å². The first kappa shape index (κ1) is 14.1. The quantitative estimate of drug-likeness (QED) is 0.863. The van der Waals surface area contributed by atoms with Crippen molar-refractivity contribution in [3.63, 3.8) is 0 Å². The SMILES string of the molecule is CN1C(=O)COc2ccc(C(=O)NCCn3ccnn3)cc21. The standard InChI is InChI=1S/C14H15N5O3/c1-18-11-8-10(2-3-12(11)22-9-13(18)20)14(21)15-4-6-19-7-5-16-17-19/h2-3,5,7-8H,4,6,9H2,1H3,(H,15,21). The highest BCUT2D eigenvalue weighted by Crippen LogP contribution is 2.31. The van der Waals surface area contributed by atoms with E-state index in [2.05, 4.69) is 15.6 Å². The lowest BCUT2D eigenvalue weighted by atomic mass is 10.1. The molecule has 2 heterocycles. The highest BCUT2D eigenvalue weighted by Gasteiger charge is 2.23. The average Bonchev–Trinajstić information content (AvgIpc) is 3.04. The lowest BCUT2D eigenvalue weighted by molar-refractivity contribution is -0.120. The van der Waals surface area contributed by atoms with Crippen molar-refractivity contribution >= 4 is 17.5 Å². The zero-order valence-corrected chi connectivity index (χ0v) is 12.0. The van der Waals surface area contributed by atoms with Crippen molar-refractivity contribution in [1.82, 2.24) is 20.3 Å². The monoisotopic (exact) mass is 301 g/mol. The van der Waals surface area contributed by atoms with E-state index in [4.69, 9.17) is 4.74 Å². The Morgan fingerprint density at radius 3 is 3.09 bits per heavy atom. The molecule has 2 aromatic rings. The minimum Gasteiger partial charge on any atom is -0.482 e. The van der Waals surface area contributed by atoms with Gasteiger partial charge in [-0.2, -0.15) is 0 Å². The lowest BCUT2D eigenvalue weighted by Crippen LogP contribution is -2.36. The van der Waals surface area contributed by atoms with Gasteiger partial charge in [-0.15, -0.1) is 5.10 Å². The summed E-state index contributed by atoms with van der Waals surface area (Å²) in [7, 11) is 1.66. The maximum absolute atomic E-state index is 12.1. The van der Waals surface area contributed by atoms with Gasteiger partial charge in [-0.3, -0.25) is 14.3 Å². The number of aromatic nitrogens is 3. The number of hydrogen-bond donors (Lipinski definition) is 1. The summed E-state index contributed by atoms with van der Waals surface area (Å²) in [4.78, 5) is 25.3.